The highest BCUT2D eigenvalue weighted by Crippen LogP contribution is 2.22. The third-order valence-corrected chi connectivity index (χ3v) is 5.26. The van der Waals surface area contributed by atoms with E-state index in [1.165, 1.54) is 0 Å². The highest BCUT2D eigenvalue weighted by Gasteiger charge is 2.19. The number of piperidine rings is 1. The van der Waals surface area contributed by atoms with Crippen LogP contribution in [0.25, 0.3) is 11.1 Å². The molecule has 3 aromatic rings. The molecule has 28 heavy (non-hydrogen) atoms. The van der Waals surface area contributed by atoms with Crippen LogP contribution in [0.1, 0.15) is 47.9 Å². The van der Waals surface area contributed by atoms with Gasteiger partial charge in [0.15, 0.2) is 0 Å². The summed E-state index contributed by atoms with van der Waals surface area (Å²) in [6.45, 7) is 3.95. The Morgan fingerprint density at radius 2 is 1.89 bits per heavy atom. The summed E-state index contributed by atoms with van der Waals surface area (Å²) >= 11 is 0. The van der Waals surface area contributed by atoms with Gasteiger partial charge in [-0.2, -0.15) is 5.10 Å². The maximum Gasteiger partial charge on any atom is 0.272 e. The molecular weight excluding hydrogens is 350 g/mol. The first-order valence-electron chi connectivity index (χ1n) is 9.78. The number of carbonyl (C=O) groups excluding carboxylic acids is 1. The fourth-order valence-corrected chi connectivity index (χ4v) is 3.58. The Hall–Kier alpha value is -2.99. The van der Waals surface area contributed by atoms with E-state index in [2.05, 4.69) is 32.8 Å². The minimum absolute atomic E-state index is 0.0968. The smallest absolute Gasteiger partial charge is 0.272 e. The maximum absolute atomic E-state index is 12.6. The quantitative estimate of drug-likeness (QED) is 0.717. The molecule has 144 valence electrons. The topological polar surface area (TPSA) is 71.8 Å². The van der Waals surface area contributed by atoms with Crippen molar-refractivity contribution in [2.24, 2.45) is 0 Å². The Bertz CT molecular complexity index is 914. The summed E-state index contributed by atoms with van der Waals surface area (Å²) in [5.74, 6) is -0.145. The standard InChI is InChI=1S/C22H25N5O/c1-16(17-4-6-18(7-5-17)19-8-12-23-13-9-19)25-22(28)21-10-14-27(26-21)20-3-2-11-24-15-20/h4-10,12-14,16,20,24H,2-3,11,15H2,1H3,(H,25,28). The molecule has 2 N–H and O–H groups in total. The van der Waals surface area contributed by atoms with Crippen molar-refractivity contribution in [3.8, 4) is 11.1 Å². The largest absolute Gasteiger partial charge is 0.344 e. The van der Waals surface area contributed by atoms with Crippen LogP contribution in [0.3, 0.4) is 0 Å². The third kappa shape index (κ3) is 4.12. The maximum atomic E-state index is 12.6. The first-order valence-corrected chi connectivity index (χ1v) is 9.78. The Labute approximate surface area is 165 Å². The SMILES string of the molecule is CC(NC(=O)c1ccn(C2CCCNC2)n1)c1ccc(-c2ccncc2)cc1. The van der Waals surface area contributed by atoms with Crippen LogP contribution in [0.5, 0.6) is 0 Å². The normalized spacial score (nSPS) is 17.8. The number of rotatable bonds is 5. The van der Waals surface area contributed by atoms with Gasteiger partial charge in [0, 0.05) is 25.1 Å². The Morgan fingerprint density at radius 3 is 2.61 bits per heavy atom. The van der Waals surface area contributed by atoms with Crippen molar-refractivity contribution in [1.82, 2.24) is 25.4 Å². The number of hydrogen-bond acceptors (Lipinski definition) is 4. The molecule has 1 aliphatic heterocycles. The first kappa shape index (κ1) is 18.4. The number of aromatic nitrogens is 3. The summed E-state index contributed by atoms with van der Waals surface area (Å²) in [6, 6.07) is 14.2. The highest BCUT2D eigenvalue weighted by atomic mass is 16.2. The molecule has 0 spiro atoms. The van der Waals surface area contributed by atoms with Gasteiger partial charge in [0.25, 0.3) is 5.91 Å². The van der Waals surface area contributed by atoms with E-state index in [0.717, 1.165) is 42.6 Å². The van der Waals surface area contributed by atoms with Crippen molar-refractivity contribution in [3.63, 3.8) is 0 Å². The molecule has 0 saturated carbocycles. The van der Waals surface area contributed by atoms with Gasteiger partial charge in [0.1, 0.15) is 5.69 Å². The average Bonchev–Trinajstić information content (AvgIpc) is 3.26. The van der Waals surface area contributed by atoms with Gasteiger partial charge in [-0.25, -0.2) is 0 Å². The van der Waals surface area contributed by atoms with Crippen molar-refractivity contribution in [2.75, 3.05) is 13.1 Å². The Balaban J connectivity index is 1.40. The van der Waals surface area contributed by atoms with Crippen LogP contribution in [0.15, 0.2) is 61.1 Å². The van der Waals surface area contributed by atoms with Crippen LogP contribution in [-0.2, 0) is 0 Å². The van der Waals surface area contributed by atoms with E-state index in [1.807, 2.05) is 42.1 Å². The van der Waals surface area contributed by atoms with Crippen molar-refractivity contribution in [3.05, 3.63) is 72.3 Å². The number of pyridine rings is 1. The van der Waals surface area contributed by atoms with Crippen molar-refractivity contribution in [1.29, 1.82) is 0 Å². The molecule has 1 aromatic carbocycles. The van der Waals surface area contributed by atoms with E-state index < -0.39 is 0 Å². The van der Waals surface area contributed by atoms with E-state index in [9.17, 15) is 4.79 Å². The molecule has 0 bridgehead atoms. The van der Waals surface area contributed by atoms with Crippen LogP contribution in [0.4, 0.5) is 0 Å². The summed E-state index contributed by atoms with van der Waals surface area (Å²) in [4.78, 5) is 16.7. The molecule has 1 amide bonds. The summed E-state index contributed by atoms with van der Waals surface area (Å²) in [6.07, 6.45) is 7.71. The van der Waals surface area contributed by atoms with Crippen LogP contribution >= 0.6 is 0 Å². The number of carbonyl (C=O) groups is 1. The molecule has 0 radical (unpaired) electrons. The summed E-state index contributed by atoms with van der Waals surface area (Å²) in [5.41, 5.74) is 3.78. The molecule has 1 saturated heterocycles. The van der Waals surface area contributed by atoms with Crippen LogP contribution < -0.4 is 10.6 Å². The minimum atomic E-state index is -0.145. The van der Waals surface area contributed by atoms with Gasteiger partial charge in [-0.1, -0.05) is 24.3 Å². The zero-order chi connectivity index (χ0) is 19.3. The number of nitrogens with zero attached hydrogens (tertiary/aromatic N) is 3. The zero-order valence-electron chi connectivity index (χ0n) is 16.0. The average molecular weight is 375 g/mol. The first-order chi connectivity index (χ1) is 13.7. The van der Waals surface area contributed by atoms with Crippen molar-refractivity contribution in [2.45, 2.75) is 31.8 Å². The predicted molar refractivity (Wildman–Crippen MR) is 109 cm³/mol. The van der Waals surface area contributed by atoms with E-state index in [-0.39, 0.29) is 11.9 Å². The number of hydrogen-bond donors (Lipinski definition) is 2. The van der Waals surface area contributed by atoms with Crippen LogP contribution in [-0.4, -0.2) is 33.8 Å². The molecule has 6 nitrogen and oxygen atoms in total. The Morgan fingerprint density at radius 1 is 1.14 bits per heavy atom. The van der Waals surface area contributed by atoms with Crippen LogP contribution in [0, 0.1) is 0 Å². The molecule has 1 fully saturated rings. The third-order valence-electron chi connectivity index (χ3n) is 5.26. The molecule has 4 rings (SSSR count). The highest BCUT2D eigenvalue weighted by molar-refractivity contribution is 5.92. The summed E-state index contributed by atoms with van der Waals surface area (Å²) in [5, 5.41) is 10.9. The number of nitrogens with one attached hydrogen (secondary N) is 2. The van der Waals surface area contributed by atoms with E-state index in [4.69, 9.17) is 0 Å². The fraction of sp³-hybridized carbons (Fsp3) is 0.318. The van der Waals surface area contributed by atoms with E-state index >= 15 is 0 Å². The fourth-order valence-electron chi connectivity index (χ4n) is 3.58. The lowest BCUT2D eigenvalue weighted by atomic mass is 10.0. The van der Waals surface area contributed by atoms with Gasteiger partial charge < -0.3 is 10.6 Å². The zero-order valence-corrected chi connectivity index (χ0v) is 16.0. The Kier molecular flexibility index (Phi) is 5.48. The molecule has 2 unspecified atom stereocenters. The van der Waals surface area contributed by atoms with Crippen molar-refractivity contribution >= 4 is 5.91 Å². The summed E-state index contributed by atoms with van der Waals surface area (Å²) < 4.78 is 1.91. The molecule has 0 aliphatic carbocycles. The van der Waals surface area contributed by atoms with Gasteiger partial charge in [-0.15, -0.1) is 0 Å². The van der Waals surface area contributed by atoms with Gasteiger partial charge in [0.05, 0.1) is 12.1 Å². The molecule has 2 atom stereocenters. The monoisotopic (exact) mass is 375 g/mol. The van der Waals surface area contributed by atoms with Gasteiger partial charge in [0.2, 0.25) is 0 Å². The second kappa shape index (κ2) is 8.35. The van der Waals surface area contributed by atoms with Crippen molar-refractivity contribution < 1.29 is 4.79 Å². The van der Waals surface area contributed by atoms with Crippen LogP contribution in [0.2, 0.25) is 0 Å². The molecular formula is C22H25N5O. The lowest BCUT2D eigenvalue weighted by Crippen LogP contribution is -2.32. The molecule has 3 heterocycles. The number of benzene rings is 1. The second-order valence-corrected chi connectivity index (χ2v) is 7.23. The molecule has 1 aliphatic rings. The van der Waals surface area contributed by atoms with E-state index in [1.54, 1.807) is 18.5 Å². The van der Waals surface area contributed by atoms with E-state index in [0.29, 0.717) is 11.7 Å². The minimum Gasteiger partial charge on any atom is -0.344 e. The number of amides is 1. The lowest BCUT2D eigenvalue weighted by molar-refractivity contribution is 0.0933. The van der Waals surface area contributed by atoms with Gasteiger partial charge in [-0.3, -0.25) is 14.5 Å². The van der Waals surface area contributed by atoms with Gasteiger partial charge in [-0.05, 0) is 61.2 Å². The lowest BCUT2D eigenvalue weighted by Gasteiger charge is -2.22. The second-order valence-electron chi connectivity index (χ2n) is 7.23. The van der Waals surface area contributed by atoms with Gasteiger partial charge >= 0.3 is 0 Å². The summed E-state index contributed by atoms with van der Waals surface area (Å²) in [7, 11) is 0. The molecule has 6 heteroatoms. The predicted octanol–water partition coefficient (Wildman–Crippen LogP) is 3.36. The molecule has 2 aromatic heterocycles.